The van der Waals surface area contributed by atoms with Gasteiger partial charge in [0.2, 0.25) is 0 Å². The molecule has 2 N–H and O–H groups in total. The van der Waals surface area contributed by atoms with Crippen molar-refractivity contribution in [1.29, 1.82) is 0 Å². The highest BCUT2D eigenvalue weighted by Crippen LogP contribution is 2.39. The summed E-state index contributed by atoms with van der Waals surface area (Å²) in [5.74, 6) is 1.35. The minimum Gasteiger partial charge on any atom is -0.376 e. The van der Waals surface area contributed by atoms with Crippen molar-refractivity contribution >= 4 is 0 Å². The molecule has 2 atom stereocenters. The molecule has 1 saturated heterocycles. The van der Waals surface area contributed by atoms with Gasteiger partial charge in [-0.15, -0.1) is 0 Å². The molecule has 0 unspecified atom stereocenters. The van der Waals surface area contributed by atoms with Crippen LogP contribution < -0.4 is 5.32 Å². The van der Waals surface area contributed by atoms with E-state index in [1.54, 1.807) is 0 Å². The zero-order chi connectivity index (χ0) is 17.5. The second-order valence-corrected chi connectivity index (χ2v) is 7.93. The second kappa shape index (κ2) is 8.64. The summed E-state index contributed by atoms with van der Waals surface area (Å²) in [5, 5.41) is 2.45. The van der Waals surface area contributed by atoms with Crippen LogP contribution in [0.5, 0.6) is 0 Å². The van der Waals surface area contributed by atoms with Crippen LogP contribution in [0, 0.1) is 5.92 Å². The van der Waals surface area contributed by atoms with Crippen molar-refractivity contribution in [1.82, 2.24) is 0 Å². The van der Waals surface area contributed by atoms with Crippen molar-refractivity contribution in [3.63, 3.8) is 0 Å². The van der Waals surface area contributed by atoms with E-state index in [1.165, 1.54) is 30.5 Å². The zero-order valence-corrected chi connectivity index (χ0v) is 15.7. The molecule has 1 aliphatic rings. The first-order chi connectivity index (χ1) is 12.1. The summed E-state index contributed by atoms with van der Waals surface area (Å²) in [5.41, 5.74) is 2.92. The molecule has 2 aromatic carbocycles. The van der Waals surface area contributed by atoms with E-state index in [4.69, 9.17) is 4.74 Å². The van der Waals surface area contributed by atoms with Gasteiger partial charge in [-0.2, -0.15) is 0 Å². The molecule has 1 heterocycles. The SMILES string of the molecule is CC1(C)C[C@@H]([C@@H](CC[NH2+]Cc2ccccc2)c2ccccc2)CCO1. The Morgan fingerprint density at radius 1 is 1.04 bits per heavy atom. The van der Waals surface area contributed by atoms with Crippen LogP contribution in [0.4, 0.5) is 0 Å². The number of hydrogen-bond donors (Lipinski definition) is 1. The molecular weight excluding hydrogens is 306 g/mol. The maximum atomic E-state index is 5.96. The molecule has 0 radical (unpaired) electrons. The summed E-state index contributed by atoms with van der Waals surface area (Å²) in [6, 6.07) is 21.9. The molecule has 134 valence electrons. The Morgan fingerprint density at radius 2 is 1.72 bits per heavy atom. The fraction of sp³-hybridized carbons (Fsp3) is 0.478. The number of nitrogens with two attached hydrogens (primary N) is 1. The summed E-state index contributed by atoms with van der Waals surface area (Å²) in [7, 11) is 0. The predicted octanol–water partition coefficient (Wildman–Crippen LogP) is 4.13. The lowest BCUT2D eigenvalue weighted by molar-refractivity contribution is -0.671. The number of ether oxygens (including phenoxy) is 1. The first-order valence-corrected chi connectivity index (χ1v) is 9.68. The second-order valence-electron chi connectivity index (χ2n) is 7.93. The fourth-order valence-corrected chi connectivity index (χ4v) is 4.18. The van der Waals surface area contributed by atoms with Crippen LogP contribution in [-0.2, 0) is 11.3 Å². The van der Waals surface area contributed by atoms with Crippen molar-refractivity contribution < 1.29 is 10.1 Å². The van der Waals surface area contributed by atoms with Crippen molar-refractivity contribution in [3.05, 3.63) is 71.8 Å². The largest absolute Gasteiger partial charge is 0.376 e. The van der Waals surface area contributed by atoms with Gasteiger partial charge in [0.25, 0.3) is 0 Å². The minimum atomic E-state index is 0.0176. The Hall–Kier alpha value is -1.64. The van der Waals surface area contributed by atoms with Gasteiger partial charge in [0.05, 0.1) is 12.1 Å². The molecular formula is C23H32NO+. The van der Waals surface area contributed by atoms with Crippen LogP contribution in [-0.4, -0.2) is 18.8 Å². The van der Waals surface area contributed by atoms with Crippen LogP contribution in [0.25, 0.3) is 0 Å². The monoisotopic (exact) mass is 338 g/mol. The molecule has 0 bridgehead atoms. The number of quaternary nitrogens is 1. The molecule has 1 fully saturated rings. The fourth-order valence-electron chi connectivity index (χ4n) is 4.18. The van der Waals surface area contributed by atoms with E-state index in [1.807, 2.05) is 0 Å². The highest BCUT2D eigenvalue weighted by Gasteiger charge is 2.34. The molecule has 2 nitrogen and oxygen atoms in total. The third-order valence-corrected chi connectivity index (χ3v) is 5.44. The summed E-state index contributed by atoms with van der Waals surface area (Å²) in [6.07, 6.45) is 3.57. The highest BCUT2D eigenvalue weighted by atomic mass is 16.5. The van der Waals surface area contributed by atoms with E-state index in [2.05, 4.69) is 79.8 Å². The molecule has 0 aromatic heterocycles. The van der Waals surface area contributed by atoms with Gasteiger partial charge < -0.3 is 10.1 Å². The van der Waals surface area contributed by atoms with Crippen LogP contribution in [0.3, 0.4) is 0 Å². The highest BCUT2D eigenvalue weighted by molar-refractivity contribution is 5.21. The minimum absolute atomic E-state index is 0.0176. The zero-order valence-electron chi connectivity index (χ0n) is 15.7. The normalized spacial score (nSPS) is 21.0. The van der Waals surface area contributed by atoms with Crippen molar-refractivity contribution in [2.75, 3.05) is 13.2 Å². The Balaban J connectivity index is 1.61. The summed E-state index contributed by atoms with van der Waals surface area (Å²) in [4.78, 5) is 0. The van der Waals surface area contributed by atoms with Gasteiger partial charge in [0.1, 0.15) is 6.54 Å². The molecule has 0 spiro atoms. The topological polar surface area (TPSA) is 25.8 Å². The lowest BCUT2D eigenvalue weighted by Gasteiger charge is -2.39. The molecule has 2 heteroatoms. The van der Waals surface area contributed by atoms with Gasteiger partial charge in [-0.05, 0) is 44.1 Å². The maximum absolute atomic E-state index is 5.96. The molecule has 2 aromatic rings. The third-order valence-electron chi connectivity index (χ3n) is 5.44. The van der Waals surface area contributed by atoms with Crippen LogP contribution in [0.15, 0.2) is 60.7 Å². The average molecular weight is 339 g/mol. The van der Waals surface area contributed by atoms with Gasteiger partial charge in [0, 0.05) is 18.6 Å². The van der Waals surface area contributed by atoms with Crippen LogP contribution >= 0.6 is 0 Å². The average Bonchev–Trinajstić information content (AvgIpc) is 2.62. The quantitative estimate of drug-likeness (QED) is 0.755. The molecule has 0 amide bonds. The predicted molar refractivity (Wildman–Crippen MR) is 103 cm³/mol. The molecule has 1 aliphatic heterocycles. The summed E-state index contributed by atoms with van der Waals surface area (Å²) >= 11 is 0. The van der Waals surface area contributed by atoms with E-state index in [0.29, 0.717) is 5.92 Å². The standard InChI is InChI=1S/C23H31NO/c1-23(2)17-21(14-16-25-23)22(20-11-7-4-8-12-20)13-15-24-18-19-9-5-3-6-10-19/h3-12,21-22,24H,13-18H2,1-2H3/p+1/t21-,22-/m0/s1. The summed E-state index contributed by atoms with van der Waals surface area (Å²) < 4.78 is 5.96. The Kier molecular flexibility index (Phi) is 6.28. The number of benzene rings is 2. The molecule has 25 heavy (non-hydrogen) atoms. The lowest BCUT2D eigenvalue weighted by Crippen LogP contribution is -2.82. The first kappa shape index (κ1) is 18.2. The first-order valence-electron chi connectivity index (χ1n) is 9.68. The van der Waals surface area contributed by atoms with Gasteiger partial charge in [-0.25, -0.2) is 0 Å². The van der Waals surface area contributed by atoms with Gasteiger partial charge in [-0.1, -0.05) is 60.7 Å². The van der Waals surface area contributed by atoms with Gasteiger partial charge in [-0.3, -0.25) is 0 Å². The molecule has 0 aliphatic carbocycles. The Morgan fingerprint density at radius 3 is 2.40 bits per heavy atom. The summed E-state index contributed by atoms with van der Waals surface area (Å²) in [6.45, 7) is 7.62. The molecule has 3 rings (SSSR count). The lowest BCUT2D eigenvalue weighted by atomic mass is 9.75. The Bertz CT molecular complexity index is 623. The Labute approximate surface area is 152 Å². The van der Waals surface area contributed by atoms with Crippen molar-refractivity contribution in [2.45, 2.75) is 51.2 Å². The van der Waals surface area contributed by atoms with Crippen LogP contribution in [0.2, 0.25) is 0 Å². The smallest absolute Gasteiger partial charge is 0.101 e. The van der Waals surface area contributed by atoms with E-state index in [0.717, 1.165) is 25.5 Å². The van der Waals surface area contributed by atoms with Crippen molar-refractivity contribution in [2.24, 2.45) is 5.92 Å². The van der Waals surface area contributed by atoms with Crippen LogP contribution in [0.1, 0.15) is 50.2 Å². The van der Waals surface area contributed by atoms with E-state index in [-0.39, 0.29) is 5.60 Å². The van der Waals surface area contributed by atoms with E-state index < -0.39 is 0 Å². The van der Waals surface area contributed by atoms with Crippen molar-refractivity contribution in [3.8, 4) is 0 Å². The van der Waals surface area contributed by atoms with Gasteiger partial charge >= 0.3 is 0 Å². The number of rotatable bonds is 7. The van der Waals surface area contributed by atoms with E-state index in [9.17, 15) is 0 Å². The van der Waals surface area contributed by atoms with E-state index >= 15 is 0 Å². The molecule has 0 saturated carbocycles. The van der Waals surface area contributed by atoms with Gasteiger partial charge in [0.15, 0.2) is 0 Å². The number of hydrogen-bond acceptors (Lipinski definition) is 1. The maximum Gasteiger partial charge on any atom is 0.101 e. The third kappa shape index (κ3) is 5.42.